The second-order valence-corrected chi connectivity index (χ2v) is 5.36. The zero-order valence-electron chi connectivity index (χ0n) is 10.5. The molecule has 0 aromatic rings. The monoisotopic (exact) mass is 247 g/mol. The molecule has 1 saturated heterocycles. The van der Waals surface area contributed by atoms with Crippen LogP contribution in [0.5, 0.6) is 0 Å². The summed E-state index contributed by atoms with van der Waals surface area (Å²) < 4.78 is 5.28. The molecule has 0 aromatic heterocycles. The van der Waals surface area contributed by atoms with Gasteiger partial charge in [0, 0.05) is 39.1 Å². The van der Waals surface area contributed by atoms with Crippen molar-refractivity contribution in [1.82, 2.24) is 4.90 Å². The number of ether oxygens (including phenoxy) is 1. The van der Waals surface area contributed by atoms with Crippen LogP contribution >= 0.6 is 12.6 Å². The molecule has 1 N–H and O–H groups in total. The maximum atomic E-state index is 10.4. The first-order valence-electron chi connectivity index (χ1n) is 6.19. The van der Waals surface area contributed by atoms with Crippen molar-refractivity contribution >= 4 is 12.6 Å². The Bertz CT molecular complexity index is 191. The molecular weight excluding hydrogens is 222 g/mol. The molecule has 0 saturated carbocycles. The van der Waals surface area contributed by atoms with E-state index in [2.05, 4.69) is 31.5 Å². The van der Waals surface area contributed by atoms with E-state index in [1.807, 2.05) is 0 Å². The smallest absolute Gasteiger partial charge is 0.0817 e. The zero-order chi connectivity index (χ0) is 12.0. The van der Waals surface area contributed by atoms with Crippen molar-refractivity contribution < 1.29 is 9.84 Å². The lowest BCUT2D eigenvalue weighted by Gasteiger charge is -2.36. The SMILES string of the molecule is CCC(CS)CN(C)CC1(O)CCOCC1. The number of hydrogen-bond donors (Lipinski definition) is 2. The summed E-state index contributed by atoms with van der Waals surface area (Å²) >= 11 is 4.35. The van der Waals surface area contributed by atoms with Crippen LogP contribution in [0.3, 0.4) is 0 Å². The molecule has 1 heterocycles. The van der Waals surface area contributed by atoms with Gasteiger partial charge in [-0.3, -0.25) is 0 Å². The van der Waals surface area contributed by atoms with E-state index < -0.39 is 5.60 Å². The van der Waals surface area contributed by atoms with Crippen molar-refractivity contribution in [1.29, 1.82) is 0 Å². The van der Waals surface area contributed by atoms with Crippen LogP contribution < -0.4 is 0 Å². The first kappa shape index (κ1) is 14.3. The highest BCUT2D eigenvalue weighted by atomic mass is 32.1. The van der Waals surface area contributed by atoms with Crippen LogP contribution in [-0.4, -0.2) is 54.7 Å². The topological polar surface area (TPSA) is 32.7 Å². The highest BCUT2D eigenvalue weighted by Crippen LogP contribution is 2.21. The summed E-state index contributed by atoms with van der Waals surface area (Å²) in [4.78, 5) is 2.23. The molecule has 0 aliphatic carbocycles. The molecule has 0 spiro atoms. The van der Waals surface area contributed by atoms with E-state index in [-0.39, 0.29) is 0 Å². The Morgan fingerprint density at radius 2 is 2.06 bits per heavy atom. The quantitative estimate of drug-likeness (QED) is 0.696. The second-order valence-electron chi connectivity index (χ2n) is 4.99. The lowest BCUT2D eigenvalue weighted by atomic mass is 9.93. The molecule has 96 valence electrons. The van der Waals surface area contributed by atoms with Crippen LogP contribution in [0.4, 0.5) is 0 Å². The normalized spacial score (nSPS) is 22.3. The van der Waals surface area contributed by atoms with Crippen LogP contribution in [0.15, 0.2) is 0 Å². The van der Waals surface area contributed by atoms with Crippen molar-refractivity contribution in [2.75, 3.05) is 39.1 Å². The number of likely N-dealkylation sites (N-methyl/N-ethyl adjacent to an activating group) is 1. The molecule has 1 aliphatic rings. The third-order valence-corrected chi connectivity index (χ3v) is 3.91. The molecule has 0 radical (unpaired) electrons. The van der Waals surface area contributed by atoms with Gasteiger partial charge >= 0.3 is 0 Å². The van der Waals surface area contributed by atoms with Gasteiger partial charge in [-0.1, -0.05) is 13.3 Å². The summed E-state index contributed by atoms with van der Waals surface area (Å²) in [6.45, 7) is 5.34. The van der Waals surface area contributed by atoms with Crippen LogP contribution in [0.25, 0.3) is 0 Å². The van der Waals surface area contributed by atoms with Crippen LogP contribution in [0.2, 0.25) is 0 Å². The van der Waals surface area contributed by atoms with Gasteiger partial charge in [-0.05, 0) is 18.7 Å². The molecule has 0 amide bonds. The number of hydrogen-bond acceptors (Lipinski definition) is 4. The predicted molar refractivity (Wildman–Crippen MR) is 70.1 cm³/mol. The summed E-state index contributed by atoms with van der Waals surface area (Å²) in [6, 6.07) is 0. The Labute approximate surface area is 105 Å². The largest absolute Gasteiger partial charge is 0.388 e. The van der Waals surface area contributed by atoms with E-state index in [0.717, 1.165) is 38.1 Å². The molecule has 1 unspecified atom stereocenters. The minimum atomic E-state index is -0.540. The van der Waals surface area contributed by atoms with Gasteiger partial charge in [-0.2, -0.15) is 12.6 Å². The minimum absolute atomic E-state index is 0.540. The molecule has 1 aliphatic heterocycles. The molecule has 0 aromatic carbocycles. The molecule has 4 heteroatoms. The van der Waals surface area contributed by atoms with Gasteiger partial charge in [0.15, 0.2) is 0 Å². The fraction of sp³-hybridized carbons (Fsp3) is 1.00. The van der Waals surface area contributed by atoms with Gasteiger partial charge < -0.3 is 14.7 Å². The lowest BCUT2D eigenvalue weighted by molar-refractivity contribution is -0.0778. The third kappa shape index (κ3) is 4.62. The van der Waals surface area contributed by atoms with Crippen LogP contribution in [0.1, 0.15) is 26.2 Å². The number of rotatable bonds is 6. The van der Waals surface area contributed by atoms with E-state index in [4.69, 9.17) is 4.74 Å². The van der Waals surface area contributed by atoms with E-state index >= 15 is 0 Å². The maximum absolute atomic E-state index is 10.4. The van der Waals surface area contributed by atoms with Gasteiger partial charge in [-0.25, -0.2) is 0 Å². The minimum Gasteiger partial charge on any atom is -0.388 e. The van der Waals surface area contributed by atoms with Gasteiger partial charge in [0.2, 0.25) is 0 Å². The van der Waals surface area contributed by atoms with Gasteiger partial charge in [-0.15, -0.1) is 0 Å². The Balaban J connectivity index is 2.34. The number of thiol groups is 1. The van der Waals surface area contributed by atoms with E-state index in [1.54, 1.807) is 0 Å². The first-order chi connectivity index (χ1) is 7.59. The Morgan fingerprint density at radius 3 is 2.56 bits per heavy atom. The fourth-order valence-corrected chi connectivity index (χ4v) is 2.61. The summed E-state index contributed by atoms with van der Waals surface area (Å²) in [7, 11) is 2.08. The third-order valence-electron chi connectivity index (χ3n) is 3.39. The summed E-state index contributed by atoms with van der Waals surface area (Å²) in [5.41, 5.74) is -0.540. The van der Waals surface area contributed by atoms with E-state index in [9.17, 15) is 5.11 Å². The Kier molecular flexibility index (Phi) is 6.11. The highest BCUT2D eigenvalue weighted by Gasteiger charge is 2.31. The van der Waals surface area contributed by atoms with Crippen molar-refractivity contribution in [3.05, 3.63) is 0 Å². The molecule has 3 nitrogen and oxygen atoms in total. The predicted octanol–water partition coefficient (Wildman–Crippen LogP) is 1.42. The molecular formula is C12H25NO2S. The van der Waals surface area contributed by atoms with Gasteiger partial charge in [0.05, 0.1) is 5.60 Å². The molecule has 1 atom stereocenters. The highest BCUT2D eigenvalue weighted by molar-refractivity contribution is 7.80. The Morgan fingerprint density at radius 1 is 1.44 bits per heavy atom. The molecule has 1 rings (SSSR count). The summed E-state index contributed by atoms with van der Waals surface area (Å²) in [5, 5.41) is 10.4. The van der Waals surface area contributed by atoms with E-state index in [0.29, 0.717) is 19.1 Å². The summed E-state index contributed by atoms with van der Waals surface area (Å²) in [5.74, 6) is 1.54. The van der Waals surface area contributed by atoms with E-state index in [1.165, 1.54) is 0 Å². The summed E-state index contributed by atoms with van der Waals surface area (Å²) in [6.07, 6.45) is 2.67. The van der Waals surface area contributed by atoms with Crippen LogP contribution in [0, 0.1) is 5.92 Å². The van der Waals surface area contributed by atoms with Crippen molar-refractivity contribution in [3.8, 4) is 0 Å². The molecule has 16 heavy (non-hydrogen) atoms. The Hall–Kier alpha value is 0.230. The standard InChI is InChI=1S/C12H25NO2S/c1-3-11(9-16)8-13(2)10-12(14)4-6-15-7-5-12/h11,14,16H,3-10H2,1-2H3. The first-order valence-corrected chi connectivity index (χ1v) is 6.82. The zero-order valence-corrected chi connectivity index (χ0v) is 11.4. The lowest BCUT2D eigenvalue weighted by Crippen LogP contribution is -2.46. The van der Waals surface area contributed by atoms with Crippen molar-refractivity contribution in [2.24, 2.45) is 5.92 Å². The van der Waals surface area contributed by atoms with Crippen LogP contribution in [-0.2, 0) is 4.74 Å². The van der Waals surface area contributed by atoms with Crippen molar-refractivity contribution in [2.45, 2.75) is 31.8 Å². The van der Waals surface area contributed by atoms with Crippen molar-refractivity contribution in [3.63, 3.8) is 0 Å². The molecule has 0 bridgehead atoms. The average molecular weight is 247 g/mol. The maximum Gasteiger partial charge on any atom is 0.0817 e. The average Bonchev–Trinajstić information content (AvgIpc) is 2.26. The van der Waals surface area contributed by atoms with Gasteiger partial charge in [0.1, 0.15) is 0 Å². The number of nitrogens with zero attached hydrogens (tertiary/aromatic N) is 1. The molecule has 1 fully saturated rings. The van der Waals surface area contributed by atoms with Gasteiger partial charge in [0.25, 0.3) is 0 Å². The number of aliphatic hydroxyl groups is 1. The second kappa shape index (κ2) is 6.84. The fourth-order valence-electron chi connectivity index (χ4n) is 2.23.